The van der Waals surface area contributed by atoms with Gasteiger partial charge in [0.05, 0.1) is 21.8 Å². The maximum atomic E-state index is 12.4. The monoisotopic (exact) mass is 387 g/mol. The Hall–Kier alpha value is -1.54. The molecule has 1 aromatic carbocycles. The van der Waals surface area contributed by atoms with Crippen molar-refractivity contribution >= 4 is 33.5 Å². The van der Waals surface area contributed by atoms with Gasteiger partial charge in [-0.1, -0.05) is 19.1 Å². The van der Waals surface area contributed by atoms with Crippen LogP contribution in [0.4, 0.5) is 0 Å². The Labute approximate surface area is 153 Å². The number of rotatable bonds is 9. The highest BCUT2D eigenvalue weighted by Gasteiger charge is 2.25. The number of aliphatic carboxylic acids is 1. The molecule has 1 amide bonds. The Morgan fingerprint density at radius 3 is 2.36 bits per heavy atom. The average Bonchev–Trinajstić information content (AvgIpc) is 2.54. The van der Waals surface area contributed by atoms with Crippen LogP contribution in [0.5, 0.6) is 0 Å². The molecule has 2 N–H and O–H groups in total. The third-order valence-corrected chi connectivity index (χ3v) is 7.12. The summed E-state index contributed by atoms with van der Waals surface area (Å²) >= 11 is 1.15. The van der Waals surface area contributed by atoms with Crippen LogP contribution in [0.15, 0.2) is 34.1 Å². The number of carbonyl (C=O) groups is 2. The van der Waals surface area contributed by atoms with Gasteiger partial charge in [0.15, 0.2) is 9.84 Å². The molecule has 0 bridgehead atoms. The highest BCUT2D eigenvalue weighted by molar-refractivity contribution is 8.01. The van der Waals surface area contributed by atoms with Gasteiger partial charge in [-0.25, -0.2) is 8.42 Å². The van der Waals surface area contributed by atoms with Crippen LogP contribution in [0, 0.1) is 5.92 Å². The van der Waals surface area contributed by atoms with E-state index in [2.05, 4.69) is 5.32 Å². The molecule has 0 aliphatic carbocycles. The van der Waals surface area contributed by atoms with E-state index in [0.29, 0.717) is 11.3 Å². The third kappa shape index (κ3) is 6.04. The molecule has 0 spiro atoms. The highest BCUT2D eigenvalue weighted by atomic mass is 32.2. The van der Waals surface area contributed by atoms with Crippen molar-refractivity contribution < 1.29 is 23.1 Å². The van der Waals surface area contributed by atoms with Gasteiger partial charge in [-0.05, 0) is 39.3 Å². The molecule has 25 heavy (non-hydrogen) atoms. The maximum Gasteiger partial charge on any atom is 0.308 e. The summed E-state index contributed by atoms with van der Waals surface area (Å²) in [7, 11) is -3.39. The Morgan fingerprint density at radius 2 is 1.80 bits per heavy atom. The van der Waals surface area contributed by atoms with E-state index in [1.807, 2.05) is 0 Å². The molecule has 0 saturated carbocycles. The van der Waals surface area contributed by atoms with E-state index in [1.54, 1.807) is 45.0 Å². The summed E-state index contributed by atoms with van der Waals surface area (Å²) in [5.74, 6) is -1.96. The fourth-order valence-corrected chi connectivity index (χ4v) is 4.95. The fourth-order valence-electron chi connectivity index (χ4n) is 2.11. The predicted molar refractivity (Wildman–Crippen MR) is 98.5 cm³/mol. The van der Waals surface area contributed by atoms with Crippen LogP contribution in [-0.4, -0.2) is 42.4 Å². The first kappa shape index (κ1) is 21.5. The second kappa shape index (κ2) is 9.24. The molecule has 6 nitrogen and oxygen atoms in total. The number of hydrogen-bond acceptors (Lipinski definition) is 5. The van der Waals surface area contributed by atoms with Gasteiger partial charge in [0.2, 0.25) is 5.91 Å². The molecule has 1 rings (SSSR count). The number of carboxylic acids is 1. The summed E-state index contributed by atoms with van der Waals surface area (Å²) in [5.41, 5.74) is 0. The van der Waals surface area contributed by atoms with Crippen LogP contribution in [-0.2, 0) is 19.4 Å². The summed E-state index contributed by atoms with van der Waals surface area (Å²) in [6, 6.07) is 6.10. The first-order chi connectivity index (χ1) is 11.6. The Kier molecular flexibility index (Phi) is 7.95. The zero-order valence-corrected chi connectivity index (χ0v) is 16.5. The van der Waals surface area contributed by atoms with Crippen LogP contribution in [0.3, 0.4) is 0 Å². The van der Waals surface area contributed by atoms with Crippen molar-refractivity contribution in [2.45, 2.75) is 55.2 Å². The SMILES string of the molecule is CCCS(=O)(=O)c1ccccc1SC(C)C(=O)NC(C)C(C)C(=O)O. The molecule has 0 aliphatic rings. The molecule has 8 heteroatoms. The lowest BCUT2D eigenvalue weighted by Gasteiger charge is -2.20. The number of amides is 1. The van der Waals surface area contributed by atoms with Gasteiger partial charge in [0.25, 0.3) is 0 Å². The molecule has 3 atom stereocenters. The fraction of sp³-hybridized carbons (Fsp3) is 0.529. The van der Waals surface area contributed by atoms with E-state index in [-0.39, 0.29) is 16.6 Å². The van der Waals surface area contributed by atoms with Crippen molar-refractivity contribution in [2.75, 3.05) is 5.75 Å². The van der Waals surface area contributed by atoms with Crippen LogP contribution in [0.25, 0.3) is 0 Å². The van der Waals surface area contributed by atoms with Crippen LogP contribution in [0.1, 0.15) is 34.1 Å². The molecule has 140 valence electrons. The minimum absolute atomic E-state index is 0.0539. The zero-order valence-electron chi connectivity index (χ0n) is 14.9. The molecule has 0 saturated heterocycles. The quantitative estimate of drug-likeness (QED) is 0.632. The highest BCUT2D eigenvalue weighted by Crippen LogP contribution is 2.30. The molecular weight excluding hydrogens is 362 g/mol. The van der Waals surface area contributed by atoms with Crippen molar-refractivity contribution in [1.82, 2.24) is 5.32 Å². The third-order valence-electron chi connectivity index (χ3n) is 3.84. The summed E-state index contributed by atoms with van der Waals surface area (Å²) in [4.78, 5) is 24.0. The predicted octanol–water partition coefficient (Wildman–Crippen LogP) is 2.58. The molecule has 0 aliphatic heterocycles. The Balaban J connectivity index is 2.89. The smallest absolute Gasteiger partial charge is 0.308 e. The summed E-state index contributed by atoms with van der Waals surface area (Å²) in [6.07, 6.45) is 0.516. The topological polar surface area (TPSA) is 101 Å². The second-order valence-corrected chi connectivity index (χ2v) is 9.41. The largest absolute Gasteiger partial charge is 0.481 e. The van der Waals surface area contributed by atoms with Gasteiger partial charge in [0, 0.05) is 10.9 Å². The number of benzene rings is 1. The van der Waals surface area contributed by atoms with Crippen molar-refractivity contribution in [1.29, 1.82) is 0 Å². The van der Waals surface area contributed by atoms with E-state index in [0.717, 1.165) is 11.8 Å². The molecule has 0 aromatic heterocycles. The minimum Gasteiger partial charge on any atom is -0.481 e. The second-order valence-electron chi connectivity index (χ2n) is 5.95. The molecule has 0 heterocycles. The number of thioether (sulfide) groups is 1. The van der Waals surface area contributed by atoms with E-state index >= 15 is 0 Å². The zero-order chi connectivity index (χ0) is 19.2. The van der Waals surface area contributed by atoms with Crippen molar-refractivity contribution in [3.63, 3.8) is 0 Å². The average molecular weight is 388 g/mol. The first-order valence-corrected chi connectivity index (χ1v) is 10.6. The molecule has 0 fully saturated rings. The van der Waals surface area contributed by atoms with Crippen molar-refractivity contribution in [3.05, 3.63) is 24.3 Å². The minimum atomic E-state index is -3.39. The van der Waals surface area contributed by atoms with Crippen molar-refractivity contribution in [2.24, 2.45) is 5.92 Å². The normalized spacial score (nSPS) is 15.2. The Bertz CT molecular complexity index is 718. The molecule has 1 aromatic rings. The summed E-state index contributed by atoms with van der Waals surface area (Å²) < 4.78 is 24.7. The van der Waals surface area contributed by atoms with Crippen LogP contribution in [0.2, 0.25) is 0 Å². The molecule has 3 unspecified atom stereocenters. The molecule has 0 radical (unpaired) electrons. The summed E-state index contributed by atoms with van der Waals surface area (Å²) in [5, 5.41) is 11.1. The van der Waals surface area contributed by atoms with Gasteiger partial charge < -0.3 is 10.4 Å². The van der Waals surface area contributed by atoms with E-state index in [9.17, 15) is 18.0 Å². The van der Waals surface area contributed by atoms with Gasteiger partial charge in [-0.2, -0.15) is 0 Å². The van der Waals surface area contributed by atoms with Crippen molar-refractivity contribution in [3.8, 4) is 0 Å². The van der Waals surface area contributed by atoms with Gasteiger partial charge >= 0.3 is 5.97 Å². The standard InChI is InChI=1S/C17H25NO5S2/c1-5-10-25(22,23)15-9-7-6-8-14(15)24-13(4)16(19)18-12(3)11(2)17(20)21/h6-9,11-13H,5,10H2,1-4H3,(H,18,19)(H,20,21). The first-order valence-electron chi connectivity index (χ1n) is 8.11. The summed E-state index contributed by atoms with van der Waals surface area (Å²) in [6.45, 7) is 6.63. The lowest BCUT2D eigenvalue weighted by atomic mass is 10.0. The van der Waals surface area contributed by atoms with E-state index in [4.69, 9.17) is 5.11 Å². The number of carbonyl (C=O) groups excluding carboxylic acids is 1. The van der Waals surface area contributed by atoms with Gasteiger partial charge in [-0.3, -0.25) is 9.59 Å². The van der Waals surface area contributed by atoms with E-state index < -0.39 is 33.0 Å². The number of nitrogens with one attached hydrogen (secondary N) is 1. The van der Waals surface area contributed by atoms with Gasteiger partial charge in [0.1, 0.15) is 0 Å². The number of carboxylic acid groups (broad SMARTS) is 1. The lowest BCUT2D eigenvalue weighted by Crippen LogP contribution is -2.43. The maximum absolute atomic E-state index is 12.4. The number of sulfone groups is 1. The van der Waals surface area contributed by atoms with Crippen LogP contribution < -0.4 is 5.32 Å². The Morgan fingerprint density at radius 1 is 1.20 bits per heavy atom. The van der Waals surface area contributed by atoms with Crippen LogP contribution >= 0.6 is 11.8 Å². The molecular formula is C17H25NO5S2. The van der Waals surface area contributed by atoms with Gasteiger partial charge in [-0.15, -0.1) is 11.8 Å². The lowest BCUT2D eigenvalue weighted by molar-refractivity contribution is -0.142. The number of hydrogen-bond donors (Lipinski definition) is 2. The van der Waals surface area contributed by atoms with E-state index in [1.165, 1.54) is 6.92 Å².